The predicted molar refractivity (Wildman–Crippen MR) is 80.9 cm³/mol. The number of H-pyrrole nitrogens is 1. The Labute approximate surface area is 128 Å². The molecule has 0 spiro atoms. The minimum atomic E-state index is 0.0582. The molecule has 2 fully saturated rings. The normalized spacial score (nSPS) is 22.9. The average molecular weight is 308 g/mol. The molecule has 2 aliphatic rings. The van der Waals surface area contributed by atoms with Crippen LogP contribution in [0.2, 0.25) is 0 Å². The number of aryl methyl sites for hydroxylation is 1. The minimum Gasteiger partial charge on any atom is -0.340 e. The summed E-state index contributed by atoms with van der Waals surface area (Å²) in [5.74, 6) is 1.58. The van der Waals surface area contributed by atoms with Gasteiger partial charge < -0.3 is 9.80 Å². The van der Waals surface area contributed by atoms with Crippen LogP contribution >= 0.6 is 11.8 Å². The molecule has 1 unspecified atom stereocenters. The molecule has 1 aromatic rings. The van der Waals surface area contributed by atoms with E-state index in [0.717, 1.165) is 30.8 Å². The fourth-order valence-corrected chi connectivity index (χ4v) is 3.80. The Balaban J connectivity index is 1.60. The van der Waals surface area contributed by atoms with Gasteiger partial charge in [0.15, 0.2) is 0 Å². The second-order valence-electron chi connectivity index (χ2n) is 5.72. The van der Waals surface area contributed by atoms with Gasteiger partial charge in [0.05, 0.1) is 17.3 Å². The summed E-state index contributed by atoms with van der Waals surface area (Å²) in [5.41, 5.74) is 2.09. The number of carbonyl (C=O) groups is 2. The van der Waals surface area contributed by atoms with Crippen LogP contribution in [0, 0.1) is 6.92 Å². The van der Waals surface area contributed by atoms with Crippen LogP contribution in [0.5, 0.6) is 0 Å². The maximum atomic E-state index is 12.4. The number of amides is 2. The van der Waals surface area contributed by atoms with E-state index < -0.39 is 0 Å². The number of thioether (sulfide) groups is 1. The summed E-state index contributed by atoms with van der Waals surface area (Å²) >= 11 is 1.57. The van der Waals surface area contributed by atoms with Gasteiger partial charge in [-0.25, -0.2) is 0 Å². The van der Waals surface area contributed by atoms with Gasteiger partial charge in [-0.2, -0.15) is 5.10 Å². The number of hydrogen-bond acceptors (Lipinski definition) is 4. The number of aromatic amines is 1. The fourth-order valence-electron chi connectivity index (χ4n) is 2.90. The van der Waals surface area contributed by atoms with Gasteiger partial charge in [0.2, 0.25) is 11.8 Å². The molecule has 1 aromatic heterocycles. The molecule has 1 N–H and O–H groups in total. The summed E-state index contributed by atoms with van der Waals surface area (Å²) in [5, 5.41) is 7.28. The van der Waals surface area contributed by atoms with Crippen LogP contribution in [-0.4, -0.2) is 63.1 Å². The first kappa shape index (κ1) is 14.4. The molecule has 1 atom stereocenters. The molecule has 0 saturated carbocycles. The van der Waals surface area contributed by atoms with Crippen molar-refractivity contribution in [3.63, 3.8) is 0 Å². The number of piperidine rings is 1. The van der Waals surface area contributed by atoms with Gasteiger partial charge >= 0.3 is 0 Å². The Morgan fingerprint density at radius 1 is 1.57 bits per heavy atom. The van der Waals surface area contributed by atoms with E-state index in [4.69, 9.17) is 0 Å². The van der Waals surface area contributed by atoms with Crippen molar-refractivity contribution in [1.82, 2.24) is 20.0 Å². The van der Waals surface area contributed by atoms with Crippen molar-refractivity contribution in [1.29, 1.82) is 0 Å². The molecule has 0 radical (unpaired) electrons. The van der Waals surface area contributed by atoms with Crippen molar-refractivity contribution in [2.45, 2.75) is 25.7 Å². The van der Waals surface area contributed by atoms with Gasteiger partial charge in [-0.3, -0.25) is 14.7 Å². The van der Waals surface area contributed by atoms with Crippen LogP contribution in [-0.2, 0) is 9.59 Å². The van der Waals surface area contributed by atoms with Crippen molar-refractivity contribution in [2.24, 2.45) is 0 Å². The highest BCUT2D eigenvalue weighted by atomic mass is 32.2. The largest absolute Gasteiger partial charge is 0.340 e. The quantitative estimate of drug-likeness (QED) is 0.903. The second kappa shape index (κ2) is 6.09. The third kappa shape index (κ3) is 3.23. The van der Waals surface area contributed by atoms with Crippen LogP contribution in [0.15, 0.2) is 6.07 Å². The zero-order valence-electron chi connectivity index (χ0n) is 12.2. The van der Waals surface area contributed by atoms with Gasteiger partial charge in [0.1, 0.15) is 6.54 Å². The van der Waals surface area contributed by atoms with Gasteiger partial charge in [0.25, 0.3) is 0 Å². The summed E-state index contributed by atoms with van der Waals surface area (Å²) in [4.78, 5) is 27.5. The fraction of sp³-hybridized carbons (Fsp3) is 0.643. The van der Waals surface area contributed by atoms with Crippen molar-refractivity contribution >= 4 is 23.6 Å². The third-order valence-corrected chi connectivity index (χ3v) is 5.01. The molecule has 7 heteroatoms. The topological polar surface area (TPSA) is 69.3 Å². The lowest BCUT2D eigenvalue weighted by molar-refractivity contribution is -0.138. The lowest BCUT2D eigenvalue weighted by atomic mass is 9.94. The van der Waals surface area contributed by atoms with Crippen molar-refractivity contribution in [3.8, 4) is 0 Å². The maximum absolute atomic E-state index is 12.4. The number of likely N-dealkylation sites (tertiary alicyclic amines) is 1. The van der Waals surface area contributed by atoms with E-state index in [-0.39, 0.29) is 18.4 Å². The van der Waals surface area contributed by atoms with Crippen LogP contribution in [0.3, 0.4) is 0 Å². The lowest BCUT2D eigenvalue weighted by Gasteiger charge is -2.33. The summed E-state index contributed by atoms with van der Waals surface area (Å²) in [6.45, 7) is 3.70. The van der Waals surface area contributed by atoms with E-state index in [1.54, 1.807) is 16.7 Å². The number of hydrogen-bond donors (Lipinski definition) is 1. The number of rotatable bonds is 3. The molecule has 114 valence electrons. The van der Waals surface area contributed by atoms with Gasteiger partial charge in [0, 0.05) is 24.7 Å². The standard InChI is InChI=1S/C14H20N4O2S/c1-10-5-12(16-15-10)11-3-2-4-17(6-11)13(19)7-18-9-21-8-14(18)20/h5,11H,2-4,6-9H2,1H3,(H,15,16). The molecular formula is C14H20N4O2S. The van der Waals surface area contributed by atoms with Crippen molar-refractivity contribution < 1.29 is 9.59 Å². The molecular weight excluding hydrogens is 288 g/mol. The monoisotopic (exact) mass is 308 g/mol. The Morgan fingerprint density at radius 3 is 3.10 bits per heavy atom. The van der Waals surface area contributed by atoms with Crippen LogP contribution < -0.4 is 0 Å². The Kier molecular flexibility index (Phi) is 4.19. The van der Waals surface area contributed by atoms with Crippen LogP contribution in [0.1, 0.15) is 30.1 Å². The van der Waals surface area contributed by atoms with E-state index >= 15 is 0 Å². The molecule has 21 heavy (non-hydrogen) atoms. The van der Waals surface area contributed by atoms with E-state index in [1.807, 2.05) is 11.8 Å². The molecule has 3 heterocycles. The highest BCUT2D eigenvalue weighted by Crippen LogP contribution is 2.26. The van der Waals surface area contributed by atoms with Gasteiger partial charge in [-0.15, -0.1) is 11.8 Å². The summed E-state index contributed by atoms with van der Waals surface area (Å²) in [6.07, 6.45) is 2.05. The molecule has 2 aliphatic heterocycles. The Hall–Kier alpha value is -1.50. The summed E-state index contributed by atoms with van der Waals surface area (Å²) in [7, 11) is 0. The second-order valence-corrected chi connectivity index (χ2v) is 6.68. The smallest absolute Gasteiger partial charge is 0.242 e. The zero-order valence-corrected chi connectivity index (χ0v) is 13.0. The van der Waals surface area contributed by atoms with E-state index in [1.165, 1.54) is 0 Å². The van der Waals surface area contributed by atoms with Gasteiger partial charge in [-0.05, 0) is 25.8 Å². The first-order valence-electron chi connectivity index (χ1n) is 7.28. The molecule has 0 bridgehead atoms. The highest BCUT2D eigenvalue weighted by molar-refractivity contribution is 8.00. The predicted octanol–water partition coefficient (Wildman–Crippen LogP) is 0.957. The average Bonchev–Trinajstić information content (AvgIpc) is 3.08. The van der Waals surface area contributed by atoms with E-state index in [0.29, 0.717) is 24.1 Å². The van der Waals surface area contributed by atoms with Crippen molar-refractivity contribution in [3.05, 3.63) is 17.5 Å². The third-order valence-electron chi connectivity index (χ3n) is 4.07. The highest BCUT2D eigenvalue weighted by Gasteiger charge is 2.29. The minimum absolute atomic E-state index is 0.0582. The van der Waals surface area contributed by atoms with Crippen LogP contribution in [0.25, 0.3) is 0 Å². The number of carbonyl (C=O) groups excluding carboxylic acids is 2. The maximum Gasteiger partial charge on any atom is 0.242 e. The SMILES string of the molecule is Cc1cc(C2CCCN(C(=O)CN3CSCC3=O)C2)n[nH]1. The van der Waals surface area contributed by atoms with E-state index in [2.05, 4.69) is 16.3 Å². The molecule has 3 rings (SSSR count). The molecule has 6 nitrogen and oxygen atoms in total. The zero-order chi connectivity index (χ0) is 14.8. The summed E-state index contributed by atoms with van der Waals surface area (Å²) in [6, 6.07) is 2.05. The first-order chi connectivity index (χ1) is 10.1. The first-order valence-corrected chi connectivity index (χ1v) is 8.44. The van der Waals surface area contributed by atoms with E-state index in [9.17, 15) is 9.59 Å². The Morgan fingerprint density at radius 2 is 2.43 bits per heavy atom. The van der Waals surface area contributed by atoms with Crippen molar-refractivity contribution in [2.75, 3.05) is 31.3 Å². The number of aromatic nitrogens is 2. The molecule has 0 aromatic carbocycles. The summed E-state index contributed by atoms with van der Waals surface area (Å²) < 4.78 is 0. The number of nitrogens with one attached hydrogen (secondary N) is 1. The van der Waals surface area contributed by atoms with Crippen LogP contribution in [0.4, 0.5) is 0 Å². The lowest BCUT2D eigenvalue weighted by Crippen LogP contribution is -2.45. The molecule has 2 saturated heterocycles. The molecule has 2 amide bonds. The van der Waals surface area contributed by atoms with Gasteiger partial charge in [-0.1, -0.05) is 0 Å². The Bertz CT molecular complexity index is 545. The number of nitrogens with zero attached hydrogens (tertiary/aromatic N) is 3. The molecule has 0 aliphatic carbocycles.